The van der Waals surface area contributed by atoms with Crippen LogP contribution in [-0.4, -0.2) is 57.0 Å². The summed E-state index contributed by atoms with van der Waals surface area (Å²) in [6, 6.07) is 0. The molecule has 1 aliphatic rings. The second kappa shape index (κ2) is 11.9. The Balaban J connectivity index is 0.000000547. The van der Waals surface area contributed by atoms with Crippen LogP contribution in [0.25, 0.3) is 0 Å². The topological polar surface area (TPSA) is 74.2 Å². The monoisotopic (exact) mass is 306 g/mol. The van der Waals surface area contributed by atoms with Gasteiger partial charge >= 0.3 is 5.97 Å². The molecule has 1 rings (SSSR count). The highest BCUT2D eigenvalue weighted by Gasteiger charge is 2.23. The molecule has 1 heterocycles. The van der Waals surface area contributed by atoms with E-state index in [-0.39, 0.29) is 12.1 Å². The average Bonchev–Trinajstić information content (AvgIpc) is 2.97. The molecule has 21 heavy (non-hydrogen) atoms. The van der Waals surface area contributed by atoms with Gasteiger partial charge in [-0.05, 0) is 19.8 Å². The van der Waals surface area contributed by atoms with Crippen LogP contribution in [0.1, 0.15) is 46.0 Å². The van der Waals surface area contributed by atoms with E-state index < -0.39 is 5.79 Å². The van der Waals surface area contributed by atoms with Gasteiger partial charge in [0, 0.05) is 27.2 Å². The number of aliphatic hydroxyl groups excluding tert-OH is 1. The molecule has 6 nitrogen and oxygen atoms in total. The fraction of sp³-hybridized carbons (Fsp3) is 0.933. The van der Waals surface area contributed by atoms with Crippen LogP contribution in [0.15, 0.2) is 0 Å². The number of esters is 1. The van der Waals surface area contributed by atoms with Gasteiger partial charge in [-0.3, -0.25) is 4.79 Å². The van der Waals surface area contributed by atoms with Gasteiger partial charge in [-0.1, -0.05) is 13.3 Å². The van der Waals surface area contributed by atoms with Crippen LogP contribution in [0.4, 0.5) is 0 Å². The molecule has 6 heteroatoms. The van der Waals surface area contributed by atoms with E-state index in [1.54, 1.807) is 21.1 Å². The predicted octanol–water partition coefficient (Wildman–Crippen LogP) is 1.89. The fourth-order valence-electron chi connectivity index (χ4n) is 1.54. The van der Waals surface area contributed by atoms with Crippen LogP contribution in [0.5, 0.6) is 0 Å². The normalized spacial score (nSPS) is 18.0. The molecule has 0 aliphatic carbocycles. The molecule has 1 aliphatic heterocycles. The SMILES string of the molecule is CCCCOC(=O)CCC(C)(OC)OC.OC1CCOC1. The Morgan fingerprint density at radius 1 is 1.38 bits per heavy atom. The summed E-state index contributed by atoms with van der Waals surface area (Å²) in [6.07, 6.45) is 3.41. The number of unbranched alkanes of at least 4 members (excludes halogenated alkanes) is 1. The second-order valence-electron chi connectivity index (χ2n) is 5.13. The second-order valence-corrected chi connectivity index (χ2v) is 5.13. The van der Waals surface area contributed by atoms with E-state index in [0.29, 0.717) is 26.1 Å². The van der Waals surface area contributed by atoms with Gasteiger partial charge in [0.2, 0.25) is 0 Å². The summed E-state index contributed by atoms with van der Waals surface area (Å²) < 4.78 is 20.1. The maximum Gasteiger partial charge on any atom is 0.305 e. The number of hydrogen-bond acceptors (Lipinski definition) is 6. The first-order valence-corrected chi connectivity index (χ1v) is 7.49. The van der Waals surface area contributed by atoms with Crippen LogP contribution in [0, 0.1) is 0 Å². The molecule has 1 atom stereocenters. The van der Waals surface area contributed by atoms with Gasteiger partial charge in [-0.2, -0.15) is 0 Å². The largest absolute Gasteiger partial charge is 0.466 e. The first-order valence-electron chi connectivity index (χ1n) is 7.49. The number of hydrogen-bond donors (Lipinski definition) is 1. The maximum atomic E-state index is 11.3. The molecule has 0 radical (unpaired) electrons. The molecule has 1 fully saturated rings. The van der Waals surface area contributed by atoms with Crippen molar-refractivity contribution in [3.05, 3.63) is 0 Å². The van der Waals surface area contributed by atoms with E-state index in [0.717, 1.165) is 25.9 Å². The van der Waals surface area contributed by atoms with Crippen molar-refractivity contribution in [3.8, 4) is 0 Å². The molecule has 0 saturated carbocycles. The molecule has 0 amide bonds. The van der Waals surface area contributed by atoms with Crippen LogP contribution in [0.2, 0.25) is 0 Å². The number of aliphatic hydroxyl groups is 1. The van der Waals surface area contributed by atoms with E-state index in [4.69, 9.17) is 24.1 Å². The summed E-state index contributed by atoms with van der Waals surface area (Å²) in [5.74, 6) is -0.882. The lowest BCUT2D eigenvalue weighted by Gasteiger charge is -2.25. The van der Waals surface area contributed by atoms with E-state index in [1.807, 2.05) is 0 Å². The van der Waals surface area contributed by atoms with Crippen molar-refractivity contribution in [2.75, 3.05) is 34.0 Å². The van der Waals surface area contributed by atoms with Gasteiger partial charge in [0.15, 0.2) is 5.79 Å². The first kappa shape index (κ1) is 20.3. The van der Waals surface area contributed by atoms with Crippen LogP contribution in [0.3, 0.4) is 0 Å². The first-order chi connectivity index (χ1) is 9.97. The number of methoxy groups -OCH3 is 2. The van der Waals surface area contributed by atoms with Crippen molar-refractivity contribution < 1.29 is 28.8 Å². The lowest BCUT2D eigenvalue weighted by atomic mass is 10.1. The third-order valence-electron chi connectivity index (χ3n) is 3.31. The van der Waals surface area contributed by atoms with Gasteiger partial charge in [0.1, 0.15) is 0 Å². The summed E-state index contributed by atoms with van der Waals surface area (Å²) in [4.78, 5) is 11.3. The van der Waals surface area contributed by atoms with Crippen molar-refractivity contribution in [3.63, 3.8) is 0 Å². The molecule has 1 unspecified atom stereocenters. The zero-order chi connectivity index (χ0) is 16.1. The van der Waals surface area contributed by atoms with E-state index in [1.165, 1.54) is 0 Å². The third kappa shape index (κ3) is 10.6. The zero-order valence-corrected chi connectivity index (χ0v) is 13.7. The Morgan fingerprint density at radius 3 is 2.43 bits per heavy atom. The standard InChI is InChI=1S/C11H22O4.C4H8O2/c1-5-6-9-15-10(12)7-8-11(2,13-3)14-4;5-4-1-2-6-3-4/h5-9H2,1-4H3;4-5H,1-3H2. The Bertz CT molecular complexity index is 259. The van der Waals surface area contributed by atoms with E-state index in [9.17, 15) is 4.79 Å². The molecular formula is C15H30O6. The van der Waals surface area contributed by atoms with Gasteiger partial charge in [-0.15, -0.1) is 0 Å². The molecular weight excluding hydrogens is 276 g/mol. The van der Waals surface area contributed by atoms with E-state index in [2.05, 4.69) is 6.92 Å². The molecule has 1 saturated heterocycles. The molecule has 0 aromatic carbocycles. The average molecular weight is 306 g/mol. The molecule has 0 aromatic heterocycles. The van der Waals surface area contributed by atoms with Crippen LogP contribution in [-0.2, 0) is 23.7 Å². The lowest BCUT2D eigenvalue weighted by molar-refractivity contribution is -0.200. The predicted molar refractivity (Wildman–Crippen MR) is 79.0 cm³/mol. The lowest BCUT2D eigenvalue weighted by Crippen LogP contribution is -2.30. The minimum Gasteiger partial charge on any atom is -0.466 e. The molecule has 0 aromatic rings. The van der Waals surface area contributed by atoms with Gasteiger partial charge in [0.05, 0.1) is 25.7 Å². The molecule has 126 valence electrons. The van der Waals surface area contributed by atoms with Gasteiger partial charge in [0.25, 0.3) is 0 Å². The molecule has 0 bridgehead atoms. The van der Waals surface area contributed by atoms with Crippen molar-refractivity contribution in [2.45, 2.75) is 57.8 Å². The zero-order valence-electron chi connectivity index (χ0n) is 13.7. The van der Waals surface area contributed by atoms with Gasteiger partial charge < -0.3 is 24.1 Å². The van der Waals surface area contributed by atoms with Gasteiger partial charge in [-0.25, -0.2) is 0 Å². The Kier molecular flexibility index (Phi) is 11.5. The summed E-state index contributed by atoms with van der Waals surface area (Å²) >= 11 is 0. The molecule has 0 spiro atoms. The number of ether oxygens (including phenoxy) is 4. The number of carbonyl (C=O) groups is 1. The Labute approximate surface area is 127 Å². The van der Waals surface area contributed by atoms with Crippen LogP contribution < -0.4 is 0 Å². The Morgan fingerprint density at radius 2 is 2.05 bits per heavy atom. The van der Waals surface area contributed by atoms with Crippen LogP contribution >= 0.6 is 0 Å². The highest BCUT2D eigenvalue weighted by atomic mass is 16.7. The molecule has 1 N–H and O–H groups in total. The van der Waals surface area contributed by atoms with Crippen molar-refractivity contribution in [1.29, 1.82) is 0 Å². The third-order valence-corrected chi connectivity index (χ3v) is 3.31. The summed E-state index contributed by atoms with van der Waals surface area (Å²) in [5.41, 5.74) is 0. The summed E-state index contributed by atoms with van der Waals surface area (Å²) in [7, 11) is 3.12. The maximum absolute atomic E-state index is 11.3. The van der Waals surface area contributed by atoms with Crippen molar-refractivity contribution in [2.24, 2.45) is 0 Å². The summed E-state index contributed by atoms with van der Waals surface area (Å²) in [6.45, 7) is 5.64. The fourth-order valence-corrected chi connectivity index (χ4v) is 1.54. The minimum absolute atomic E-state index is 0.176. The number of carbonyl (C=O) groups excluding carboxylic acids is 1. The summed E-state index contributed by atoms with van der Waals surface area (Å²) in [5, 5.41) is 8.60. The minimum atomic E-state index is -0.691. The Hall–Kier alpha value is -0.690. The van der Waals surface area contributed by atoms with E-state index >= 15 is 0 Å². The highest BCUT2D eigenvalue weighted by Crippen LogP contribution is 2.17. The quantitative estimate of drug-likeness (QED) is 0.419. The highest BCUT2D eigenvalue weighted by molar-refractivity contribution is 5.69. The number of rotatable bonds is 8. The smallest absolute Gasteiger partial charge is 0.305 e. The van der Waals surface area contributed by atoms with Crippen molar-refractivity contribution in [1.82, 2.24) is 0 Å². The van der Waals surface area contributed by atoms with Crippen molar-refractivity contribution >= 4 is 5.97 Å².